The Bertz CT molecular complexity index is 678. The van der Waals surface area contributed by atoms with Crippen LogP contribution in [0.15, 0.2) is 11.6 Å². The number of hydrogen-bond acceptors (Lipinski definition) is 2. The number of carbonyl (C=O) groups excluding carboxylic acids is 1. The molecule has 176 valence electrons. The van der Waals surface area contributed by atoms with Gasteiger partial charge in [-0.15, -0.1) is 0 Å². The molecule has 4 rings (SSSR count). The van der Waals surface area contributed by atoms with E-state index in [1.54, 1.807) is 5.57 Å². The van der Waals surface area contributed by atoms with Crippen LogP contribution in [0, 0.1) is 40.4 Å². The zero-order chi connectivity index (χ0) is 22.2. The first-order valence-corrected chi connectivity index (χ1v) is 13.7. The maximum atomic E-state index is 11.8. The Labute approximate surface area is 192 Å². The van der Waals surface area contributed by atoms with Crippen LogP contribution in [0.25, 0.3) is 0 Å². The standard InChI is InChI=1S/C29H48O2/c1-6-27(30)31-23-15-17-29(5)22(19-23)11-13-24-25-14-12-21(10-8-7-9-20(2)3)28(25,4)18-16-26(24)29/h11,20-21,23-26H,6-10,12-19H2,1-5H3/t21?,23-,24?,25?,26?,28?,29?/m0/s1. The molecule has 0 aromatic heterocycles. The third kappa shape index (κ3) is 4.39. The van der Waals surface area contributed by atoms with E-state index in [0.717, 1.165) is 42.4 Å². The van der Waals surface area contributed by atoms with Gasteiger partial charge in [0, 0.05) is 12.8 Å². The van der Waals surface area contributed by atoms with Gasteiger partial charge in [-0.2, -0.15) is 0 Å². The molecular weight excluding hydrogens is 380 g/mol. The van der Waals surface area contributed by atoms with Crippen molar-refractivity contribution in [1.82, 2.24) is 0 Å². The lowest BCUT2D eigenvalue weighted by atomic mass is 9.47. The highest BCUT2D eigenvalue weighted by Crippen LogP contribution is 2.66. The van der Waals surface area contributed by atoms with Gasteiger partial charge in [0.25, 0.3) is 0 Å². The van der Waals surface area contributed by atoms with Crippen molar-refractivity contribution in [3.63, 3.8) is 0 Å². The highest BCUT2D eigenvalue weighted by molar-refractivity contribution is 5.69. The van der Waals surface area contributed by atoms with Gasteiger partial charge in [-0.1, -0.05) is 65.5 Å². The van der Waals surface area contributed by atoms with E-state index in [2.05, 4.69) is 33.8 Å². The summed E-state index contributed by atoms with van der Waals surface area (Å²) >= 11 is 0. The topological polar surface area (TPSA) is 26.3 Å². The highest BCUT2D eigenvalue weighted by atomic mass is 16.5. The second-order valence-corrected chi connectivity index (χ2v) is 12.5. The first-order valence-electron chi connectivity index (χ1n) is 13.7. The van der Waals surface area contributed by atoms with Crippen LogP contribution in [-0.4, -0.2) is 12.1 Å². The summed E-state index contributed by atoms with van der Waals surface area (Å²) < 4.78 is 5.75. The molecule has 2 heteroatoms. The van der Waals surface area contributed by atoms with E-state index in [0.29, 0.717) is 17.3 Å². The molecular formula is C29H48O2. The summed E-state index contributed by atoms with van der Waals surface area (Å²) in [6.07, 6.45) is 19.3. The number of fused-ring (bicyclic) bond motifs is 5. The fraction of sp³-hybridized carbons (Fsp3) is 0.897. The van der Waals surface area contributed by atoms with Gasteiger partial charge in [0.1, 0.15) is 6.10 Å². The lowest BCUT2D eigenvalue weighted by molar-refractivity contribution is -0.151. The van der Waals surface area contributed by atoms with E-state index < -0.39 is 0 Å². The number of allylic oxidation sites excluding steroid dienone is 1. The van der Waals surface area contributed by atoms with Gasteiger partial charge < -0.3 is 4.74 Å². The molecule has 0 aromatic carbocycles. The van der Waals surface area contributed by atoms with Gasteiger partial charge in [-0.3, -0.25) is 4.79 Å². The van der Waals surface area contributed by atoms with Crippen LogP contribution in [0.4, 0.5) is 0 Å². The van der Waals surface area contributed by atoms with Gasteiger partial charge in [0.15, 0.2) is 0 Å². The smallest absolute Gasteiger partial charge is 0.305 e. The Morgan fingerprint density at radius 1 is 1.10 bits per heavy atom. The predicted octanol–water partition coefficient (Wildman–Crippen LogP) is 8.10. The molecule has 6 unspecified atom stereocenters. The summed E-state index contributed by atoms with van der Waals surface area (Å²) in [4.78, 5) is 11.8. The number of hydrogen-bond donors (Lipinski definition) is 0. The average molecular weight is 429 g/mol. The summed E-state index contributed by atoms with van der Waals surface area (Å²) in [7, 11) is 0. The van der Waals surface area contributed by atoms with E-state index in [1.807, 2.05) is 6.92 Å². The third-order valence-electron chi connectivity index (χ3n) is 10.4. The molecule has 4 aliphatic rings. The van der Waals surface area contributed by atoms with Crippen LogP contribution in [0.1, 0.15) is 118 Å². The first-order chi connectivity index (χ1) is 14.8. The minimum absolute atomic E-state index is 0.0262. The molecule has 31 heavy (non-hydrogen) atoms. The van der Waals surface area contributed by atoms with Crippen molar-refractivity contribution in [2.75, 3.05) is 0 Å². The molecule has 0 radical (unpaired) electrons. The minimum atomic E-state index is -0.0262. The predicted molar refractivity (Wildman–Crippen MR) is 129 cm³/mol. The number of esters is 1. The molecule has 0 heterocycles. The van der Waals surface area contributed by atoms with Crippen molar-refractivity contribution in [3.05, 3.63) is 11.6 Å². The van der Waals surface area contributed by atoms with Gasteiger partial charge in [-0.05, 0) is 91.8 Å². The Balaban J connectivity index is 1.42. The van der Waals surface area contributed by atoms with Crippen molar-refractivity contribution in [2.45, 2.75) is 124 Å². The average Bonchev–Trinajstić information content (AvgIpc) is 3.07. The van der Waals surface area contributed by atoms with Gasteiger partial charge >= 0.3 is 5.97 Å². The fourth-order valence-corrected chi connectivity index (χ4v) is 8.52. The summed E-state index contributed by atoms with van der Waals surface area (Å²) in [6.45, 7) is 11.9. The fourth-order valence-electron chi connectivity index (χ4n) is 8.52. The zero-order valence-electron chi connectivity index (χ0n) is 21.1. The van der Waals surface area contributed by atoms with Gasteiger partial charge in [-0.25, -0.2) is 0 Å². The molecule has 3 saturated carbocycles. The molecule has 0 amide bonds. The molecule has 3 fully saturated rings. The minimum Gasteiger partial charge on any atom is -0.462 e. The molecule has 0 aromatic rings. The lowest BCUT2D eigenvalue weighted by Crippen LogP contribution is -2.50. The van der Waals surface area contributed by atoms with E-state index >= 15 is 0 Å². The van der Waals surface area contributed by atoms with Crippen molar-refractivity contribution in [2.24, 2.45) is 40.4 Å². The normalized spacial score (nSPS) is 41.9. The Morgan fingerprint density at radius 2 is 1.90 bits per heavy atom. The Morgan fingerprint density at radius 3 is 2.65 bits per heavy atom. The highest BCUT2D eigenvalue weighted by Gasteiger charge is 2.58. The van der Waals surface area contributed by atoms with Gasteiger partial charge in [0.05, 0.1) is 0 Å². The SMILES string of the molecule is CCC(=O)O[C@H]1CCC2(C)C(=CCC3C2CCC2(C)C(CCCCC(C)C)CCC32)C1. The first kappa shape index (κ1) is 23.4. The number of unbranched alkanes of at least 4 members (excludes halogenated alkanes) is 1. The van der Waals surface area contributed by atoms with Crippen LogP contribution >= 0.6 is 0 Å². The second kappa shape index (κ2) is 9.22. The van der Waals surface area contributed by atoms with E-state index in [9.17, 15) is 4.79 Å². The lowest BCUT2D eigenvalue weighted by Gasteiger charge is -2.58. The third-order valence-corrected chi connectivity index (χ3v) is 10.4. The van der Waals surface area contributed by atoms with Crippen LogP contribution in [0.5, 0.6) is 0 Å². The second-order valence-electron chi connectivity index (χ2n) is 12.5. The molecule has 2 nitrogen and oxygen atoms in total. The van der Waals surface area contributed by atoms with Gasteiger partial charge in [0.2, 0.25) is 0 Å². The van der Waals surface area contributed by atoms with Crippen molar-refractivity contribution in [3.8, 4) is 0 Å². The van der Waals surface area contributed by atoms with E-state index in [4.69, 9.17) is 4.74 Å². The number of carbonyl (C=O) groups is 1. The maximum Gasteiger partial charge on any atom is 0.305 e. The summed E-state index contributed by atoms with van der Waals surface area (Å²) in [5, 5.41) is 0. The van der Waals surface area contributed by atoms with Crippen LogP contribution in [0.3, 0.4) is 0 Å². The van der Waals surface area contributed by atoms with Crippen molar-refractivity contribution in [1.29, 1.82) is 0 Å². The molecule has 0 spiro atoms. The van der Waals surface area contributed by atoms with Crippen LogP contribution in [-0.2, 0) is 9.53 Å². The Hall–Kier alpha value is -0.790. The summed E-state index contributed by atoms with van der Waals surface area (Å²) in [6, 6.07) is 0. The quantitative estimate of drug-likeness (QED) is 0.232. The molecule has 0 N–H and O–H groups in total. The molecule has 0 saturated heterocycles. The van der Waals surface area contributed by atoms with Crippen molar-refractivity contribution < 1.29 is 9.53 Å². The summed E-state index contributed by atoms with van der Waals surface area (Å²) in [5.74, 6) is 4.48. The monoisotopic (exact) mass is 428 g/mol. The number of rotatable bonds is 7. The maximum absolute atomic E-state index is 11.8. The molecule has 7 atom stereocenters. The van der Waals surface area contributed by atoms with Crippen LogP contribution < -0.4 is 0 Å². The van der Waals surface area contributed by atoms with Crippen molar-refractivity contribution >= 4 is 5.97 Å². The number of ether oxygens (including phenoxy) is 1. The summed E-state index contributed by atoms with van der Waals surface area (Å²) in [5.41, 5.74) is 2.57. The van der Waals surface area contributed by atoms with E-state index in [1.165, 1.54) is 64.2 Å². The largest absolute Gasteiger partial charge is 0.462 e. The molecule has 4 aliphatic carbocycles. The molecule has 0 aliphatic heterocycles. The van der Waals surface area contributed by atoms with E-state index in [-0.39, 0.29) is 12.1 Å². The molecule has 0 bridgehead atoms. The zero-order valence-corrected chi connectivity index (χ0v) is 21.1. The van der Waals surface area contributed by atoms with Crippen LogP contribution in [0.2, 0.25) is 0 Å². The Kier molecular flexibility index (Phi) is 6.95.